The Balaban J connectivity index is 2.73. The summed E-state index contributed by atoms with van der Waals surface area (Å²) in [6.45, 7) is 0.190. The van der Waals surface area contributed by atoms with Gasteiger partial charge in [0.2, 0.25) is 6.08 Å². The second-order valence-corrected chi connectivity index (χ2v) is 2.27. The van der Waals surface area contributed by atoms with E-state index in [1.165, 1.54) is 6.08 Å². The molecule has 0 saturated heterocycles. The van der Waals surface area contributed by atoms with Crippen LogP contribution in [0.25, 0.3) is 0 Å². The molecule has 0 aliphatic carbocycles. The summed E-state index contributed by atoms with van der Waals surface area (Å²) >= 11 is 0. The summed E-state index contributed by atoms with van der Waals surface area (Å²) in [6.07, 6.45) is 1.44. The van der Waals surface area contributed by atoms with E-state index in [4.69, 9.17) is 9.84 Å². The van der Waals surface area contributed by atoms with E-state index in [9.17, 15) is 4.79 Å². The van der Waals surface area contributed by atoms with Crippen molar-refractivity contribution in [1.29, 1.82) is 0 Å². The van der Waals surface area contributed by atoms with Gasteiger partial charge in [0, 0.05) is 6.07 Å². The van der Waals surface area contributed by atoms with Crippen molar-refractivity contribution in [2.24, 2.45) is 4.99 Å². The van der Waals surface area contributed by atoms with Crippen LogP contribution in [0.15, 0.2) is 29.3 Å². The molecule has 0 atom stereocenters. The molecule has 0 heterocycles. The van der Waals surface area contributed by atoms with Crippen LogP contribution in [0.5, 0.6) is 5.75 Å². The Kier molecular flexibility index (Phi) is 3.70. The molecule has 0 amide bonds. The summed E-state index contributed by atoms with van der Waals surface area (Å²) in [4.78, 5) is 13.4. The molecule has 0 aliphatic rings. The second kappa shape index (κ2) is 5.09. The molecule has 1 N–H and O–H groups in total. The Morgan fingerprint density at radius 2 is 2.38 bits per heavy atom. The Morgan fingerprint density at radius 1 is 1.54 bits per heavy atom. The largest absolute Gasteiger partial charge is 0.491 e. The summed E-state index contributed by atoms with van der Waals surface area (Å²) in [7, 11) is 0. The van der Waals surface area contributed by atoms with Crippen molar-refractivity contribution in [2.45, 2.75) is 0 Å². The number of aliphatic hydroxyl groups is 1. The first-order valence-electron chi connectivity index (χ1n) is 3.78. The molecule has 1 rings (SSSR count). The van der Waals surface area contributed by atoms with Gasteiger partial charge in [0.05, 0.1) is 12.3 Å². The number of carbonyl (C=O) groups excluding carboxylic acids is 1. The van der Waals surface area contributed by atoms with Crippen molar-refractivity contribution in [3.05, 3.63) is 24.3 Å². The quantitative estimate of drug-likeness (QED) is 0.554. The zero-order chi connectivity index (χ0) is 9.52. The summed E-state index contributed by atoms with van der Waals surface area (Å²) < 4.78 is 5.10. The number of aliphatic imine (C=N–C) groups is 1. The fourth-order valence-electron chi connectivity index (χ4n) is 0.859. The molecule has 4 nitrogen and oxygen atoms in total. The van der Waals surface area contributed by atoms with Gasteiger partial charge in [-0.25, -0.2) is 4.79 Å². The van der Waals surface area contributed by atoms with E-state index in [2.05, 4.69) is 4.99 Å². The third-order valence-corrected chi connectivity index (χ3v) is 1.35. The molecule has 1 aromatic rings. The van der Waals surface area contributed by atoms with Crippen LogP contribution in [0, 0.1) is 0 Å². The fraction of sp³-hybridized carbons (Fsp3) is 0.222. The molecule has 0 saturated carbocycles. The fourth-order valence-corrected chi connectivity index (χ4v) is 0.859. The van der Waals surface area contributed by atoms with Gasteiger partial charge in [0.25, 0.3) is 0 Å². The van der Waals surface area contributed by atoms with Crippen molar-refractivity contribution in [3.8, 4) is 5.75 Å². The van der Waals surface area contributed by atoms with Gasteiger partial charge in [-0.15, -0.1) is 0 Å². The summed E-state index contributed by atoms with van der Waals surface area (Å²) in [5.74, 6) is 0.575. The number of benzene rings is 1. The number of aliphatic hydroxyl groups excluding tert-OH is 1. The maximum Gasteiger partial charge on any atom is 0.240 e. The number of hydrogen-bond donors (Lipinski definition) is 1. The Morgan fingerprint density at radius 3 is 3.08 bits per heavy atom. The molecule has 68 valence electrons. The zero-order valence-corrected chi connectivity index (χ0v) is 6.93. The SMILES string of the molecule is O=C=Nc1cccc(OCCO)c1. The number of ether oxygens (including phenoxy) is 1. The monoisotopic (exact) mass is 179 g/mol. The second-order valence-electron chi connectivity index (χ2n) is 2.27. The molecule has 13 heavy (non-hydrogen) atoms. The Bertz CT molecular complexity index is 318. The highest BCUT2D eigenvalue weighted by Gasteiger charge is 1.94. The van der Waals surface area contributed by atoms with Gasteiger partial charge in [-0.1, -0.05) is 6.07 Å². The molecule has 0 spiro atoms. The smallest absolute Gasteiger partial charge is 0.240 e. The first-order valence-corrected chi connectivity index (χ1v) is 3.78. The lowest BCUT2D eigenvalue weighted by Gasteiger charge is -2.03. The van der Waals surface area contributed by atoms with Crippen molar-refractivity contribution in [3.63, 3.8) is 0 Å². The van der Waals surface area contributed by atoms with Crippen molar-refractivity contribution in [1.82, 2.24) is 0 Å². The van der Waals surface area contributed by atoms with Crippen LogP contribution in [0.2, 0.25) is 0 Å². The first kappa shape index (κ1) is 9.45. The summed E-state index contributed by atoms with van der Waals surface area (Å²) in [5, 5.41) is 8.49. The van der Waals surface area contributed by atoms with E-state index in [-0.39, 0.29) is 13.2 Å². The van der Waals surface area contributed by atoms with Crippen molar-refractivity contribution in [2.75, 3.05) is 13.2 Å². The first-order chi connectivity index (χ1) is 6.36. The standard InChI is InChI=1S/C9H9NO3/c11-4-5-13-9-3-1-2-8(6-9)10-7-12/h1-3,6,11H,4-5H2. The molecular weight excluding hydrogens is 170 g/mol. The predicted octanol–water partition coefficient (Wildman–Crippen LogP) is 1.02. The summed E-state index contributed by atoms with van der Waals surface area (Å²) in [6, 6.07) is 6.69. The number of nitrogens with zero attached hydrogens (tertiary/aromatic N) is 1. The summed E-state index contributed by atoms with van der Waals surface area (Å²) in [5.41, 5.74) is 0.491. The van der Waals surface area contributed by atoms with Gasteiger partial charge in [0.1, 0.15) is 12.4 Å². The molecular formula is C9H9NO3. The van der Waals surface area contributed by atoms with Gasteiger partial charge >= 0.3 is 0 Å². The van der Waals surface area contributed by atoms with E-state index < -0.39 is 0 Å². The molecule has 0 aliphatic heterocycles. The van der Waals surface area contributed by atoms with Gasteiger partial charge < -0.3 is 9.84 Å². The third-order valence-electron chi connectivity index (χ3n) is 1.35. The van der Waals surface area contributed by atoms with E-state index in [0.717, 1.165) is 0 Å². The molecule has 0 radical (unpaired) electrons. The van der Waals surface area contributed by atoms with Gasteiger partial charge in [0.15, 0.2) is 0 Å². The lowest BCUT2D eigenvalue weighted by Crippen LogP contribution is -2.00. The molecule has 0 bridgehead atoms. The maximum atomic E-state index is 9.93. The number of hydrogen-bond acceptors (Lipinski definition) is 4. The van der Waals surface area contributed by atoms with E-state index in [0.29, 0.717) is 11.4 Å². The number of isocyanates is 1. The third kappa shape index (κ3) is 3.07. The maximum absolute atomic E-state index is 9.93. The Labute approximate surface area is 75.5 Å². The molecule has 0 aromatic heterocycles. The average molecular weight is 179 g/mol. The number of rotatable bonds is 4. The molecule has 1 aromatic carbocycles. The topological polar surface area (TPSA) is 58.9 Å². The lowest BCUT2D eigenvalue weighted by atomic mass is 10.3. The van der Waals surface area contributed by atoms with Crippen LogP contribution in [-0.2, 0) is 4.79 Å². The normalized spacial score (nSPS) is 9.00. The lowest BCUT2D eigenvalue weighted by molar-refractivity contribution is 0.201. The zero-order valence-electron chi connectivity index (χ0n) is 6.93. The minimum atomic E-state index is -0.0405. The molecule has 0 fully saturated rings. The van der Waals surface area contributed by atoms with Crippen molar-refractivity contribution >= 4 is 11.8 Å². The van der Waals surface area contributed by atoms with Crippen molar-refractivity contribution < 1.29 is 14.6 Å². The van der Waals surface area contributed by atoms with E-state index in [1.54, 1.807) is 24.3 Å². The highest BCUT2D eigenvalue weighted by molar-refractivity contribution is 5.51. The van der Waals surface area contributed by atoms with E-state index >= 15 is 0 Å². The minimum absolute atomic E-state index is 0.0405. The molecule has 0 unspecified atom stereocenters. The van der Waals surface area contributed by atoms with Crippen LogP contribution < -0.4 is 4.74 Å². The van der Waals surface area contributed by atoms with Crippen LogP contribution in [0.4, 0.5) is 5.69 Å². The van der Waals surface area contributed by atoms with Gasteiger partial charge in [-0.3, -0.25) is 0 Å². The van der Waals surface area contributed by atoms with Crippen LogP contribution in [0.1, 0.15) is 0 Å². The minimum Gasteiger partial charge on any atom is -0.491 e. The van der Waals surface area contributed by atoms with Gasteiger partial charge in [-0.05, 0) is 12.1 Å². The molecule has 4 heteroatoms. The average Bonchev–Trinajstić information content (AvgIpc) is 2.16. The highest BCUT2D eigenvalue weighted by Crippen LogP contribution is 2.18. The Hall–Kier alpha value is -1.64. The van der Waals surface area contributed by atoms with E-state index in [1.807, 2.05) is 0 Å². The van der Waals surface area contributed by atoms with Crippen LogP contribution in [-0.4, -0.2) is 24.4 Å². The van der Waals surface area contributed by atoms with Crippen LogP contribution >= 0.6 is 0 Å². The van der Waals surface area contributed by atoms with Gasteiger partial charge in [-0.2, -0.15) is 4.99 Å². The highest BCUT2D eigenvalue weighted by atomic mass is 16.5. The van der Waals surface area contributed by atoms with Crippen LogP contribution in [0.3, 0.4) is 0 Å². The predicted molar refractivity (Wildman–Crippen MR) is 46.8 cm³/mol.